The molecule has 0 aliphatic heterocycles. The van der Waals surface area contributed by atoms with Crippen molar-refractivity contribution in [2.45, 2.75) is 26.2 Å². The molecule has 2 aromatic carbocycles. The second-order valence-electron chi connectivity index (χ2n) is 5.20. The van der Waals surface area contributed by atoms with Crippen LogP contribution in [0.2, 0.25) is 5.02 Å². The molecule has 4 nitrogen and oxygen atoms in total. The third-order valence-corrected chi connectivity index (χ3v) is 3.66. The molecule has 0 heterocycles. The number of nitrogens with one attached hydrogen (secondary N) is 2. The standard InChI is InChI=1S/C18H21ClN2O2/c1-3-4-5-18(22)21-14-8-6-13(7-9-14)20-15-10-11-17(23-2)16(19)12-15/h6-12,20H,3-5H2,1-2H3,(H,21,22). The van der Waals surface area contributed by atoms with Crippen LogP contribution < -0.4 is 15.4 Å². The average molecular weight is 333 g/mol. The van der Waals surface area contributed by atoms with Crippen molar-refractivity contribution in [3.05, 3.63) is 47.5 Å². The Morgan fingerprint density at radius 3 is 2.35 bits per heavy atom. The summed E-state index contributed by atoms with van der Waals surface area (Å²) >= 11 is 6.11. The lowest BCUT2D eigenvalue weighted by Gasteiger charge is -2.10. The fraction of sp³-hybridized carbons (Fsp3) is 0.278. The van der Waals surface area contributed by atoms with Crippen LogP contribution in [-0.2, 0) is 4.79 Å². The molecular formula is C18H21ClN2O2. The van der Waals surface area contributed by atoms with Gasteiger partial charge in [0, 0.05) is 23.5 Å². The number of anilines is 3. The number of carbonyl (C=O) groups is 1. The van der Waals surface area contributed by atoms with E-state index in [1.807, 2.05) is 36.4 Å². The summed E-state index contributed by atoms with van der Waals surface area (Å²) in [6.45, 7) is 2.07. The van der Waals surface area contributed by atoms with Gasteiger partial charge in [-0.3, -0.25) is 4.79 Å². The van der Waals surface area contributed by atoms with Crippen molar-refractivity contribution in [2.75, 3.05) is 17.7 Å². The molecule has 0 aromatic heterocycles. The highest BCUT2D eigenvalue weighted by molar-refractivity contribution is 6.32. The van der Waals surface area contributed by atoms with Crippen LogP contribution in [0.3, 0.4) is 0 Å². The molecule has 0 fully saturated rings. The van der Waals surface area contributed by atoms with E-state index in [0.29, 0.717) is 17.2 Å². The number of hydrogen-bond acceptors (Lipinski definition) is 3. The van der Waals surface area contributed by atoms with E-state index in [-0.39, 0.29) is 5.91 Å². The topological polar surface area (TPSA) is 50.4 Å². The van der Waals surface area contributed by atoms with Crippen molar-refractivity contribution in [1.82, 2.24) is 0 Å². The van der Waals surface area contributed by atoms with Gasteiger partial charge < -0.3 is 15.4 Å². The molecule has 0 spiro atoms. The highest BCUT2D eigenvalue weighted by Crippen LogP contribution is 2.29. The lowest BCUT2D eigenvalue weighted by atomic mass is 10.2. The van der Waals surface area contributed by atoms with Gasteiger partial charge in [-0.1, -0.05) is 24.9 Å². The molecule has 122 valence electrons. The normalized spacial score (nSPS) is 10.2. The van der Waals surface area contributed by atoms with Gasteiger partial charge in [-0.15, -0.1) is 0 Å². The van der Waals surface area contributed by atoms with Crippen LogP contribution in [0.1, 0.15) is 26.2 Å². The smallest absolute Gasteiger partial charge is 0.224 e. The number of ether oxygens (including phenoxy) is 1. The van der Waals surface area contributed by atoms with Gasteiger partial charge in [0.2, 0.25) is 5.91 Å². The minimum absolute atomic E-state index is 0.0505. The number of benzene rings is 2. The molecule has 1 amide bonds. The summed E-state index contributed by atoms with van der Waals surface area (Å²) < 4.78 is 5.13. The van der Waals surface area contributed by atoms with Gasteiger partial charge in [0.05, 0.1) is 12.1 Å². The van der Waals surface area contributed by atoms with Crippen molar-refractivity contribution >= 4 is 34.6 Å². The van der Waals surface area contributed by atoms with E-state index in [9.17, 15) is 4.79 Å². The molecule has 0 atom stereocenters. The lowest BCUT2D eigenvalue weighted by molar-refractivity contribution is -0.116. The quantitative estimate of drug-likeness (QED) is 0.730. The zero-order valence-corrected chi connectivity index (χ0v) is 14.1. The van der Waals surface area contributed by atoms with Gasteiger partial charge >= 0.3 is 0 Å². The third kappa shape index (κ3) is 5.18. The molecule has 0 unspecified atom stereocenters. The molecule has 0 aliphatic rings. The number of halogens is 1. The van der Waals surface area contributed by atoms with Gasteiger partial charge in [-0.05, 0) is 48.9 Å². The summed E-state index contributed by atoms with van der Waals surface area (Å²) in [6, 6.07) is 13.1. The van der Waals surface area contributed by atoms with Gasteiger partial charge in [0.25, 0.3) is 0 Å². The molecule has 0 saturated heterocycles. The Morgan fingerprint density at radius 2 is 1.74 bits per heavy atom. The van der Waals surface area contributed by atoms with Crippen LogP contribution in [0.15, 0.2) is 42.5 Å². The minimum Gasteiger partial charge on any atom is -0.495 e. The number of amides is 1. The molecular weight excluding hydrogens is 312 g/mol. The molecule has 0 aliphatic carbocycles. The molecule has 0 bridgehead atoms. The van der Waals surface area contributed by atoms with E-state index in [1.165, 1.54) is 0 Å². The molecule has 0 saturated carbocycles. The van der Waals surface area contributed by atoms with Crippen molar-refractivity contribution in [2.24, 2.45) is 0 Å². The van der Waals surface area contributed by atoms with Crippen LogP contribution in [0, 0.1) is 0 Å². The summed E-state index contributed by atoms with van der Waals surface area (Å²) in [5.74, 6) is 0.692. The molecule has 5 heteroatoms. The van der Waals surface area contributed by atoms with E-state index in [1.54, 1.807) is 13.2 Å². The zero-order chi connectivity index (χ0) is 16.7. The van der Waals surface area contributed by atoms with Gasteiger partial charge in [0.15, 0.2) is 0 Å². The van der Waals surface area contributed by atoms with Crippen molar-refractivity contribution < 1.29 is 9.53 Å². The molecule has 2 N–H and O–H groups in total. The Kier molecular flexibility index (Phi) is 6.29. The second-order valence-corrected chi connectivity index (χ2v) is 5.61. The van der Waals surface area contributed by atoms with Gasteiger partial charge in [-0.2, -0.15) is 0 Å². The first-order valence-corrected chi connectivity index (χ1v) is 8.00. The van der Waals surface area contributed by atoms with E-state index in [4.69, 9.17) is 16.3 Å². The largest absolute Gasteiger partial charge is 0.495 e. The summed E-state index contributed by atoms with van der Waals surface area (Å²) in [7, 11) is 1.59. The van der Waals surface area contributed by atoms with Crippen LogP contribution in [-0.4, -0.2) is 13.0 Å². The lowest BCUT2D eigenvalue weighted by Crippen LogP contribution is -2.10. The maximum absolute atomic E-state index is 11.7. The minimum atomic E-state index is 0.0505. The highest BCUT2D eigenvalue weighted by atomic mass is 35.5. The first-order valence-electron chi connectivity index (χ1n) is 7.63. The summed E-state index contributed by atoms with van der Waals surface area (Å²) in [4.78, 5) is 11.7. The molecule has 23 heavy (non-hydrogen) atoms. The number of carbonyl (C=O) groups excluding carboxylic acids is 1. The monoisotopic (exact) mass is 332 g/mol. The van der Waals surface area contributed by atoms with E-state index >= 15 is 0 Å². The first kappa shape index (κ1) is 17.2. The fourth-order valence-corrected chi connectivity index (χ4v) is 2.37. The van der Waals surface area contributed by atoms with Crippen molar-refractivity contribution in [3.8, 4) is 5.75 Å². The first-order chi connectivity index (χ1) is 11.1. The summed E-state index contributed by atoms with van der Waals surface area (Å²) in [5, 5.41) is 6.70. The van der Waals surface area contributed by atoms with Crippen molar-refractivity contribution in [1.29, 1.82) is 0 Å². The summed E-state index contributed by atoms with van der Waals surface area (Å²) in [6.07, 6.45) is 2.48. The summed E-state index contributed by atoms with van der Waals surface area (Å²) in [5.41, 5.74) is 2.58. The Balaban J connectivity index is 1.97. The number of unbranched alkanes of at least 4 members (excludes halogenated alkanes) is 1. The number of methoxy groups -OCH3 is 1. The maximum Gasteiger partial charge on any atom is 0.224 e. The third-order valence-electron chi connectivity index (χ3n) is 3.37. The predicted molar refractivity (Wildman–Crippen MR) is 95.9 cm³/mol. The average Bonchev–Trinajstić information content (AvgIpc) is 2.55. The highest BCUT2D eigenvalue weighted by Gasteiger charge is 2.04. The van der Waals surface area contributed by atoms with Crippen LogP contribution in [0.5, 0.6) is 5.75 Å². The van der Waals surface area contributed by atoms with Gasteiger partial charge in [-0.25, -0.2) is 0 Å². The zero-order valence-electron chi connectivity index (χ0n) is 13.4. The molecule has 2 aromatic rings. The van der Waals surface area contributed by atoms with E-state index in [2.05, 4.69) is 17.6 Å². The van der Waals surface area contributed by atoms with E-state index in [0.717, 1.165) is 29.9 Å². The van der Waals surface area contributed by atoms with Crippen molar-refractivity contribution in [3.63, 3.8) is 0 Å². The van der Waals surface area contributed by atoms with Crippen LogP contribution in [0.4, 0.5) is 17.1 Å². The maximum atomic E-state index is 11.7. The van der Waals surface area contributed by atoms with Gasteiger partial charge in [0.1, 0.15) is 5.75 Å². The van der Waals surface area contributed by atoms with Crippen LogP contribution >= 0.6 is 11.6 Å². The Labute approximate surface area is 141 Å². The Morgan fingerprint density at radius 1 is 1.09 bits per heavy atom. The Hall–Kier alpha value is -2.20. The van der Waals surface area contributed by atoms with E-state index < -0.39 is 0 Å². The second kappa shape index (κ2) is 8.44. The Bertz CT molecular complexity index is 657. The fourth-order valence-electron chi connectivity index (χ4n) is 2.11. The SMILES string of the molecule is CCCCC(=O)Nc1ccc(Nc2ccc(OC)c(Cl)c2)cc1. The number of rotatable bonds is 7. The predicted octanol–water partition coefficient (Wildman–Crippen LogP) is 5.22. The molecule has 0 radical (unpaired) electrons. The number of hydrogen-bond donors (Lipinski definition) is 2. The molecule has 2 rings (SSSR count). The van der Waals surface area contributed by atoms with Crippen LogP contribution in [0.25, 0.3) is 0 Å².